The van der Waals surface area contributed by atoms with Gasteiger partial charge in [0.25, 0.3) is 0 Å². The minimum absolute atomic E-state index is 0.296. The Kier molecular flexibility index (Phi) is 1.72. The highest BCUT2D eigenvalue weighted by atomic mass is 16.3. The molecule has 0 aliphatic heterocycles. The lowest BCUT2D eigenvalue weighted by atomic mass is 10.2. The van der Waals surface area contributed by atoms with Crippen LogP contribution >= 0.6 is 0 Å². The average molecular weight is 163 g/mol. The molecular formula is C9H9NO2. The van der Waals surface area contributed by atoms with Crippen LogP contribution in [0.5, 0.6) is 0 Å². The van der Waals surface area contributed by atoms with E-state index in [1.165, 1.54) is 0 Å². The van der Waals surface area contributed by atoms with Gasteiger partial charge in [0, 0.05) is 0 Å². The molecular weight excluding hydrogens is 154 g/mol. The molecule has 0 saturated heterocycles. The lowest BCUT2D eigenvalue weighted by Crippen LogP contribution is -2.09. The van der Waals surface area contributed by atoms with Gasteiger partial charge in [0.1, 0.15) is 17.6 Å². The van der Waals surface area contributed by atoms with Crippen molar-refractivity contribution in [3.8, 4) is 0 Å². The summed E-state index contributed by atoms with van der Waals surface area (Å²) in [4.78, 5) is 0. The summed E-state index contributed by atoms with van der Waals surface area (Å²) in [5.41, 5.74) is 5.82. The molecule has 2 aromatic heterocycles. The van der Waals surface area contributed by atoms with E-state index in [1.807, 2.05) is 12.1 Å². The van der Waals surface area contributed by atoms with Crippen LogP contribution in [0, 0.1) is 0 Å². The first-order chi connectivity index (χ1) is 5.88. The molecule has 0 radical (unpaired) electrons. The summed E-state index contributed by atoms with van der Waals surface area (Å²) in [5, 5.41) is 0. The van der Waals surface area contributed by atoms with E-state index < -0.39 is 0 Å². The Hall–Kier alpha value is -1.48. The molecule has 3 nitrogen and oxygen atoms in total. The maximum Gasteiger partial charge on any atom is 0.128 e. The number of hydrogen-bond donors (Lipinski definition) is 1. The Morgan fingerprint density at radius 1 is 1.00 bits per heavy atom. The molecule has 0 aliphatic rings. The zero-order valence-corrected chi connectivity index (χ0v) is 6.44. The first-order valence-electron chi connectivity index (χ1n) is 3.70. The molecule has 12 heavy (non-hydrogen) atoms. The molecule has 62 valence electrons. The Bertz CT molecular complexity index is 289. The van der Waals surface area contributed by atoms with E-state index in [0.29, 0.717) is 11.5 Å². The van der Waals surface area contributed by atoms with Crippen LogP contribution in [0.3, 0.4) is 0 Å². The van der Waals surface area contributed by atoms with Gasteiger partial charge in [-0.05, 0) is 24.3 Å². The van der Waals surface area contributed by atoms with Crippen molar-refractivity contribution in [2.75, 3.05) is 0 Å². The van der Waals surface area contributed by atoms with Gasteiger partial charge in [-0.3, -0.25) is 0 Å². The molecule has 0 aromatic carbocycles. The third kappa shape index (κ3) is 1.14. The zero-order chi connectivity index (χ0) is 8.39. The minimum atomic E-state index is -0.296. The smallest absolute Gasteiger partial charge is 0.128 e. The van der Waals surface area contributed by atoms with Crippen LogP contribution in [-0.4, -0.2) is 0 Å². The molecule has 0 aliphatic carbocycles. The quantitative estimate of drug-likeness (QED) is 0.735. The van der Waals surface area contributed by atoms with E-state index in [9.17, 15) is 0 Å². The summed E-state index contributed by atoms with van der Waals surface area (Å²) in [7, 11) is 0. The largest absolute Gasteiger partial charge is 0.467 e. The third-order valence-electron chi connectivity index (χ3n) is 1.70. The number of furan rings is 2. The highest BCUT2D eigenvalue weighted by Gasteiger charge is 2.13. The van der Waals surface area contributed by atoms with Crippen LogP contribution in [-0.2, 0) is 0 Å². The Morgan fingerprint density at radius 3 is 1.83 bits per heavy atom. The first-order valence-corrected chi connectivity index (χ1v) is 3.70. The highest BCUT2D eigenvalue weighted by molar-refractivity contribution is 5.16. The normalized spacial score (nSPS) is 10.8. The molecule has 0 fully saturated rings. The molecule has 0 bridgehead atoms. The number of rotatable bonds is 2. The van der Waals surface area contributed by atoms with Crippen LogP contribution in [0.25, 0.3) is 0 Å². The summed E-state index contributed by atoms with van der Waals surface area (Å²) in [6.07, 6.45) is 3.19. The molecule has 3 heteroatoms. The van der Waals surface area contributed by atoms with Crippen molar-refractivity contribution in [3.05, 3.63) is 48.3 Å². The van der Waals surface area contributed by atoms with Crippen molar-refractivity contribution in [2.45, 2.75) is 6.04 Å². The summed E-state index contributed by atoms with van der Waals surface area (Å²) < 4.78 is 10.3. The maximum atomic E-state index is 5.82. The van der Waals surface area contributed by atoms with Crippen LogP contribution in [0.15, 0.2) is 45.6 Å². The molecule has 0 amide bonds. The van der Waals surface area contributed by atoms with Crippen molar-refractivity contribution in [1.29, 1.82) is 0 Å². The van der Waals surface area contributed by atoms with Gasteiger partial charge in [0.2, 0.25) is 0 Å². The molecule has 2 N–H and O–H groups in total. The Morgan fingerprint density at radius 2 is 1.50 bits per heavy atom. The summed E-state index contributed by atoms with van der Waals surface area (Å²) >= 11 is 0. The van der Waals surface area contributed by atoms with Gasteiger partial charge in [0.05, 0.1) is 12.5 Å². The predicted molar refractivity (Wildman–Crippen MR) is 43.4 cm³/mol. The standard InChI is InChI=1S/C9H9NO2/c10-9(7-3-1-5-11-7)8-4-2-6-12-8/h1-6,9H,10H2. The molecule has 2 aromatic rings. The second kappa shape index (κ2) is 2.87. The molecule has 2 heterocycles. The summed E-state index contributed by atoms with van der Waals surface area (Å²) in [6, 6.07) is 6.96. The van der Waals surface area contributed by atoms with E-state index in [-0.39, 0.29) is 6.04 Å². The van der Waals surface area contributed by atoms with Gasteiger partial charge >= 0.3 is 0 Å². The third-order valence-corrected chi connectivity index (χ3v) is 1.70. The molecule has 0 saturated carbocycles. The fourth-order valence-electron chi connectivity index (χ4n) is 1.08. The second-order valence-electron chi connectivity index (χ2n) is 2.51. The van der Waals surface area contributed by atoms with E-state index in [4.69, 9.17) is 14.6 Å². The SMILES string of the molecule is NC(c1ccco1)c1ccco1. The van der Waals surface area contributed by atoms with Crippen molar-refractivity contribution in [1.82, 2.24) is 0 Å². The number of nitrogens with two attached hydrogens (primary N) is 1. The van der Waals surface area contributed by atoms with Crippen LogP contribution in [0.2, 0.25) is 0 Å². The lowest BCUT2D eigenvalue weighted by molar-refractivity contribution is 0.432. The molecule has 0 spiro atoms. The van der Waals surface area contributed by atoms with Gasteiger partial charge in [-0.25, -0.2) is 0 Å². The van der Waals surface area contributed by atoms with Crippen LogP contribution < -0.4 is 5.73 Å². The summed E-state index contributed by atoms with van der Waals surface area (Å²) in [6.45, 7) is 0. The highest BCUT2D eigenvalue weighted by Crippen LogP contribution is 2.19. The predicted octanol–water partition coefficient (Wildman–Crippen LogP) is 1.92. The average Bonchev–Trinajstić information content (AvgIpc) is 2.77. The minimum Gasteiger partial charge on any atom is -0.467 e. The maximum absolute atomic E-state index is 5.82. The van der Waals surface area contributed by atoms with E-state index in [0.717, 1.165) is 0 Å². The van der Waals surface area contributed by atoms with Gasteiger partial charge in [0.15, 0.2) is 0 Å². The fourth-order valence-corrected chi connectivity index (χ4v) is 1.08. The second-order valence-corrected chi connectivity index (χ2v) is 2.51. The molecule has 0 atom stereocenters. The van der Waals surface area contributed by atoms with Crippen LogP contribution in [0.4, 0.5) is 0 Å². The number of hydrogen-bond acceptors (Lipinski definition) is 3. The monoisotopic (exact) mass is 163 g/mol. The van der Waals surface area contributed by atoms with Gasteiger partial charge in [-0.2, -0.15) is 0 Å². The van der Waals surface area contributed by atoms with Gasteiger partial charge < -0.3 is 14.6 Å². The van der Waals surface area contributed by atoms with Crippen molar-refractivity contribution in [2.24, 2.45) is 5.73 Å². The lowest BCUT2D eigenvalue weighted by Gasteiger charge is -2.03. The van der Waals surface area contributed by atoms with E-state index >= 15 is 0 Å². The van der Waals surface area contributed by atoms with Crippen molar-refractivity contribution in [3.63, 3.8) is 0 Å². The van der Waals surface area contributed by atoms with Crippen molar-refractivity contribution >= 4 is 0 Å². The Balaban J connectivity index is 2.27. The van der Waals surface area contributed by atoms with E-state index in [1.54, 1.807) is 24.7 Å². The fraction of sp³-hybridized carbons (Fsp3) is 0.111. The topological polar surface area (TPSA) is 52.3 Å². The first kappa shape index (κ1) is 7.18. The van der Waals surface area contributed by atoms with E-state index in [2.05, 4.69) is 0 Å². The molecule has 2 rings (SSSR count). The van der Waals surface area contributed by atoms with Crippen molar-refractivity contribution < 1.29 is 8.83 Å². The molecule has 0 unspecified atom stereocenters. The van der Waals surface area contributed by atoms with Crippen LogP contribution in [0.1, 0.15) is 17.6 Å². The summed E-state index contributed by atoms with van der Waals surface area (Å²) in [5.74, 6) is 1.43. The van der Waals surface area contributed by atoms with Gasteiger partial charge in [-0.1, -0.05) is 0 Å². The van der Waals surface area contributed by atoms with Gasteiger partial charge in [-0.15, -0.1) is 0 Å². The Labute approximate surface area is 69.8 Å². The zero-order valence-electron chi connectivity index (χ0n) is 6.44.